The van der Waals surface area contributed by atoms with E-state index >= 15 is 0 Å². The molecule has 1 aliphatic rings. The summed E-state index contributed by atoms with van der Waals surface area (Å²) >= 11 is 5.95. The first-order valence-corrected chi connectivity index (χ1v) is 7.21. The van der Waals surface area contributed by atoms with Crippen molar-refractivity contribution in [3.63, 3.8) is 0 Å². The first kappa shape index (κ1) is 14.9. The molecule has 5 heteroatoms. The van der Waals surface area contributed by atoms with Gasteiger partial charge in [0, 0.05) is 11.6 Å². The van der Waals surface area contributed by atoms with Crippen molar-refractivity contribution in [1.82, 2.24) is 10.2 Å². The molecule has 1 N–H and O–H groups in total. The lowest BCUT2D eigenvalue weighted by molar-refractivity contribution is -0.146. The molecule has 4 nitrogen and oxygen atoms in total. The molecule has 1 fully saturated rings. The van der Waals surface area contributed by atoms with Crippen LogP contribution in [0.15, 0.2) is 24.3 Å². The van der Waals surface area contributed by atoms with E-state index in [4.69, 9.17) is 11.6 Å². The number of hydrogen-bond donors (Lipinski definition) is 1. The molecule has 0 radical (unpaired) electrons. The molecule has 1 aromatic rings. The first-order valence-electron chi connectivity index (χ1n) is 6.84. The summed E-state index contributed by atoms with van der Waals surface area (Å²) < 4.78 is 0. The van der Waals surface area contributed by atoms with Gasteiger partial charge in [-0.3, -0.25) is 9.59 Å². The van der Waals surface area contributed by atoms with Crippen LogP contribution in [0.1, 0.15) is 25.8 Å². The van der Waals surface area contributed by atoms with E-state index < -0.39 is 6.04 Å². The zero-order chi connectivity index (χ0) is 14.7. The zero-order valence-electron chi connectivity index (χ0n) is 11.7. The number of amides is 2. The molecule has 2 unspecified atom stereocenters. The van der Waals surface area contributed by atoms with Crippen LogP contribution in [0.2, 0.25) is 5.02 Å². The predicted molar refractivity (Wildman–Crippen MR) is 78.3 cm³/mol. The highest BCUT2D eigenvalue weighted by Crippen LogP contribution is 2.18. The van der Waals surface area contributed by atoms with E-state index in [1.165, 1.54) is 0 Å². The van der Waals surface area contributed by atoms with Gasteiger partial charge in [0.2, 0.25) is 11.8 Å². The SMILES string of the molecule is CCC(C)C1NC(=O)CN(Cc2cccc(Cl)c2)C1=O. The Hall–Kier alpha value is -1.55. The van der Waals surface area contributed by atoms with Crippen molar-refractivity contribution < 1.29 is 9.59 Å². The molecule has 2 rings (SSSR count). The Kier molecular flexibility index (Phi) is 4.65. The molecule has 2 amide bonds. The Labute approximate surface area is 124 Å². The van der Waals surface area contributed by atoms with Gasteiger partial charge < -0.3 is 10.2 Å². The molecule has 1 aliphatic heterocycles. The zero-order valence-corrected chi connectivity index (χ0v) is 12.5. The average Bonchev–Trinajstić information content (AvgIpc) is 2.41. The van der Waals surface area contributed by atoms with E-state index in [1.807, 2.05) is 32.0 Å². The maximum absolute atomic E-state index is 12.4. The van der Waals surface area contributed by atoms with Gasteiger partial charge in [-0.25, -0.2) is 0 Å². The first-order chi connectivity index (χ1) is 9.51. The Morgan fingerprint density at radius 1 is 1.45 bits per heavy atom. The molecule has 108 valence electrons. The summed E-state index contributed by atoms with van der Waals surface area (Å²) in [6, 6.07) is 6.94. The van der Waals surface area contributed by atoms with Crippen LogP contribution in [0.3, 0.4) is 0 Å². The van der Waals surface area contributed by atoms with E-state index in [0.717, 1.165) is 12.0 Å². The molecule has 0 aliphatic carbocycles. The maximum Gasteiger partial charge on any atom is 0.246 e. The fourth-order valence-corrected chi connectivity index (χ4v) is 2.55. The Morgan fingerprint density at radius 3 is 2.85 bits per heavy atom. The molecule has 1 aromatic carbocycles. The van der Waals surface area contributed by atoms with Crippen molar-refractivity contribution in [1.29, 1.82) is 0 Å². The summed E-state index contributed by atoms with van der Waals surface area (Å²) in [7, 11) is 0. The second-order valence-electron chi connectivity index (χ2n) is 5.25. The summed E-state index contributed by atoms with van der Waals surface area (Å²) in [4.78, 5) is 25.8. The number of hydrogen-bond acceptors (Lipinski definition) is 2. The van der Waals surface area contributed by atoms with Crippen LogP contribution in [0.5, 0.6) is 0 Å². The minimum Gasteiger partial charge on any atom is -0.342 e. The van der Waals surface area contributed by atoms with Crippen molar-refractivity contribution in [2.75, 3.05) is 6.54 Å². The van der Waals surface area contributed by atoms with Gasteiger partial charge in [0.05, 0.1) is 6.54 Å². The van der Waals surface area contributed by atoms with Crippen molar-refractivity contribution in [3.8, 4) is 0 Å². The molecular weight excluding hydrogens is 276 g/mol. The standard InChI is InChI=1S/C15H19ClN2O2/c1-3-10(2)14-15(20)18(9-13(19)17-14)8-11-5-4-6-12(16)7-11/h4-7,10,14H,3,8-9H2,1-2H3,(H,17,19). The summed E-state index contributed by atoms with van der Waals surface area (Å²) in [6.45, 7) is 4.52. The lowest BCUT2D eigenvalue weighted by Crippen LogP contribution is -2.59. The summed E-state index contributed by atoms with van der Waals surface area (Å²) in [6.07, 6.45) is 0.849. The molecule has 0 bridgehead atoms. The van der Waals surface area contributed by atoms with Crippen LogP contribution in [0.4, 0.5) is 0 Å². The predicted octanol–water partition coefficient (Wildman–Crippen LogP) is 2.21. The number of piperazine rings is 1. The second-order valence-corrected chi connectivity index (χ2v) is 5.69. The molecule has 0 saturated carbocycles. The Bertz CT molecular complexity index is 518. The quantitative estimate of drug-likeness (QED) is 0.925. The van der Waals surface area contributed by atoms with E-state index in [2.05, 4.69) is 5.32 Å². The van der Waals surface area contributed by atoms with E-state index in [0.29, 0.717) is 11.6 Å². The summed E-state index contributed by atoms with van der Waals surface area (Å²) in [5.41, 5.74) is 0.934. The second kappa shape index (κ2) is 6.27. The Balaban J connectivity index is 2.14. The third-order valence-electron chi connectivity index (χ3n) is 3.70. The van der Waals surface area contributed by atoms with E-state index in [-0.39, 0.29) is 24.3 Å². The number of nitrogens with one attached hydrogen (secondary N) is 1. The van der Waals surface area contributed by atoms with Crippen molar-refractivity contribution >= 4 is 23.4 Å². The normalized spacial score (nSPS) is 20.8. The third kappa shape index (κ3) is 3.31. The van der Waals surface area contributed by atoms with Crippen LogP contribution in [-0.2, 0) is 16.1 Å². The highest BCUT2D eigenvalue weighted by molar-refractivity contribution is 6.30. The van der Waals surface area contributed by atoms with Gasteiger partial charge >= 0.3 is 0 Å². The van der Waals surface area contributed by atoms with Crippen LogP contribution in [0.25, 0.3) is 0 Å². The van der Waals surface area contributed by atoms with Crippen LogP contribution in [0, 0.1) is 5.92 Å². The number of carbonyl (C=O) groups is 2. The van der Waals surface area contributed by atoms with Crippen molar-refractivity contribution in [2.24, 2.45) is 5.92 Å². The molecular formula is C15H19ClN2O2. The molecule has 2 atom stereocenters. The van der Waals surface area contributed by atoms with Crippen LogP contribution >= 0.6 is 11.6 Å². The minimum absolute atomic E-state index is 0.0149. The number of benzene rings is 1. The van der Waals surface area contributed by atoms with E-state index in [1.54, 1.807) is 11.0 Å². The van der Waals surface area contributed by atoms with Gasteiger partial charge in [-0.15, -0.1) is 0 Å². The highest BCUT2D eigenvalue weighted by atomic mass is 35.5. The summed E-state index contributed by atoms with van der Waals surface area (Å²) in [5, 5.41) is 3.42. The van der Waals surface area contributed by atoms with Gasteiger partial charge in [0.15, 0.2) is 0 Å². The largest absolute Gasteiger partial charge is 0.342 e. The van der Waals surface area contributed by atoms with Gasteiger partial charge in [-0.1, -0.05) is 44.0 Å². The van der Waals surface area contributed by atoms with E-state index in [9.17, 15) is 9.59 Å². The average molecular weight is 295 g/mol. The van der Waals surface area contributed by atoms with Crippen LogP contribution < -0.4 is 5.32 Å². The highest BCUT2D eigenvalue weighted by Gasteiger charge is 2.35. The molecule has 20 heavy (non-hydrogen) atoms. The fraction of sp³-hybridized carbons (Fsp3) is 0.467. The van der Waals surface area contributed by atoms with Gasteiger partial charge in [-0.05, 0) is 23.6 Å². The van der Waals surface area contributed by atoms with Gasteiger partial charge in [0.25, 0.3) is 0 Å². The Morgan fingerprint density at radius 2 is 2.20 bits per heavy atom. The third-order valence-corrected chi connectivity index (χ3v) is 3.94. The smallest absolute Gasteiger partial charge is 0.246 e. The topological polar surface area (TPSA) is 49.4 Å². The number of nitrogens with zero attached hydrogens (tertiary/aromatic N) is 1. The maximum atomic E-state index is 12.4. The van der Waals surface area contributed by atoms with Gasteiger partial charge in [-0.2, -0.15) is 0 Å². The number of halogens is 1. The van der Waals surface area contributed by atoms with Crippen molar-refractivity contribution in [3.05, 3.63) is 34.9 Å². The van der Waals surface area contributed by atoms with Crippen molar-refractivity contribution in [2.45, 2.75) is 32.9 Å². The van der Waals surface area contributed by atoms with Gasteiger partial charge in [0.1, 0.15) is 6.04 Å². The monoisotopic (exact) mass is 294 g/mol. The van der Waals surface area contributed by atoms with Crippen LogP contribution in [-0.4, -0.2) is 29.3 Å². The lowest BCUT2D eigenvalue weighted by Gasteiger charge is -2.35. The molecule has 1 heterocycles. The summed E-state index contributed by atoms with van der Waals surface area (Å²) in [5.74, 6) is 0.0180. The lowest BCUT2D eigenvalue weighted by atomic mass is 9.96. The fourth-order valence-electron chi connectivity index (χ4n) is 2.34. The number of rotatable bonds is 4. The molecule has 0 aromatic heterocycles. The minimum atomic E-state index is -0.416. The molecule has 0 spiro atoms. The molecule has 1 saturated heterocycles. The number of carbonyl (C=O) groups excluding carboxylic acids is 2.